The van der Waals surface area contributed by atoms with Gasteiger partial charge in [0, 0.05) is 6.54 Å². The Balaban J connectivity index is 2.27. The van der Waals surface area contributed by atoms with Crippen LogP contribution >= 0.6 is 0 Å². The SMILES string of the molecule is CCN(CC)CCCNC(=O)c1cnc(N)cn1. The average molecular weight is 251 g/mol. The van der Waals surface area contributed by atoms with E-state index in [2.05, 4.69) is 34.0 Å². The third kappa shape index (κ3) is 4.67. The molecule has 0 aliphatic rings. The molecule has 1 heterocycles. The molecule has 6 nitrogen and oxygen atoms in total. The maximum Gasteiger partial charge on any atom is 0.271 e. The van der Waals surface area contributed by atoms with E-state index in [0.717, 1.165) is 26.1 Å². The van der Waals surface area contributed by atoms with E-state index in [9.17, 15) is 4.79 Å². The van der Waals surface area contributed by atoms with Crippen molar-refractivity contribution in [1.82, 2.24) is 20.2 Å². The van der Waals surface area contributed by atoms with Crippen molar-refractivity contribution in [2.75, 3.05) is 31.9 Å². The molecule has 0 radical (unpaired) electrons. The van der Waals surface area contributed by atoms with Crippen LogP contribution in [-0.2, 0) is 0 Å². The highest BCUT2D eigenvalue weighted by molar-refractivity contribution is 5.91. The molecule has 0 unspecified atom stereocenters. The van der Waals surface area contributed by atoms with Gasteiger partial charge < -0.3 is 16.0 Å². The van der Waals surface area contributed by atoms with Crippen LogP contribution < -0.4 is 11.1 Å². The molecule has 0 aliphatic heterocycles. The Bertz CT molecular complexity index is 361. The number of nitrogen functional groups attached to an aromatic ring is 1. The van der Waals surface area contributed by atoms with Crippen LogP contribution in [0, 0.1) is 0 Å². The molecular weight excluding hydrogens is 230 g/mol. The van der Waals surface area contributed by atoms with Crippen LogP contribution in [-0.4, -0.2) is 47.0 Å². The third-order valence-corrected chi connectivity index (χ3v) is 2.74. The van der Waals surface area contributed by atoms with Crippen molar-refractivity contribution in [3.63, 3.8) is 0 Å². The summed E-state index contributed by atoms with van der Waals surface area (Å²) in [5.41, 5.74) is 5.70. The molecule has 1 aromatic rings. The first-order valence-electron chi connectivity index (χ1n) is 6.25. The number of anilines is 1. The van der Waals surface area contributed by atoms with Crippen molar-refractivity contribution in [1.29, 1.82) is 0 Å². The first kappa shape index (κ1) is 14.4. The number of aromatic nitrogens is 2. The molecule has 0 spiro atoms. The van der Waals surface area contributed by atoms with Gasteiger partial charge in [-0.05, 0) is 26.1 Å². The van der Waals surface area contributed by atoms with Gasteiger partial charge in [0.25, 0.3) is 5.91 Å². The Kier molecular flexibility index (Phi) is 6.07. The monoisotopic (exact) mass is 251 g/mol. The number of carbonyl (C=O) groups excluding carboxylic acids is 1. The van der Waals surface area contributed by atoms with Crippen molar-refractivity contribution in [3.8, 4) is 0 Å². The zero-order valence-electron chi connectivity index (χ0n) is 11.0. The Morgan fingerprint density at radius 3 is 2.61 bits per heavy atom. The van der Waals surface area contributed by atoms with Gasteiger partial charge in [-0.25, -0.2) is 9.97 Å². The van der Waals surface area contributed by atoms with Crippen LogP contribution in [0.5, 0.6) is 0 Å². The second kappa shape index (κ2) is 7.60. The van der Waals surface area contributed by atoms with Crippen LogP contribution in [0.1, 0.15) is 30.8 Å². The van der Waals surface area contributed by atoms with Gasteiger partial charge in [-0.2, -0.15) is 0 Å². The summed E-state index contributed by atoms with van der Waals surface area (Å²) in [7, 11) is 0. The summed E-state index contributed by atoms with van der Waals surface area (Å²) < 4.78 is 0. The molecular formula is C12H21N5O. The second-order valence-corrected chi connectivity index (χ2v) is 3.96. The predicted octanol–water partition coefficient (Wildman–Crippen LogP) is 0.521. The average Bonchev–Trinajstić information content (AvgIpc) is 2.39. The lowest BCUT2D eigenvalue weighted by molar-refractivity contribution is 0.0946. The van der Waals surface area contributed by atoms with E-state index < -0.39 is 0 Å². The number of hydrogen-bond acceptors (Lipinski definition) is 5. The summed E-state index contributed by atoms with van der Waals surface area (Å²) in [4.78, 5) is 21.7. The lowest BCUT2D eigenvalue weighted by Crippen LogP contribution is -2.30. The molecule has 3 N–H and O–H groups in total. The minimum absolute atomic E-state index is 0.206. The predicted molar refractivity (Wildman–Crippen MR) is 71.2 cm³/mol. The second-order valence-electron chi connectivity index (χ2n) is 3.96. The largest absolute Gasteiger partial charge is 0.382 e. The minimum atomic E-state index is -0.206. The van der Waals surface area contributed by atoms with E-state index >= 15 is 0 Å². The standard InChI is InChI=1S/C12H21N5O/c1-3-17(4-2)7-5-6-14-12(18)10-8-16-11(13)9-15-10/h8-9H,3-7H2,1-2H3,(H2,13,16)(H,14,18). The lowest BCUT2D eigenvalue weighted by Gasteiger charge is -2.17. The van der Waals surface area contributed by atoms with Crippen molar-refractivity contribution < 1.29 is 4.79 Å². The van der Waals surface area contributed by atoms with Gasteiger partial charge in [-0.3, -0.25) is 4.79 Å². The molecule has 0 saturated heterocycles. The number of amides is 1. The van der Waals surface area contributed by atoms with Gasteiger partial charge in [0.2, 0.25) is 0 Å². The van der Waals surface area contributed by atoms with Crippen LogP contribution in [0.4, 0.5) is 5.82 Å². The zero-order chi connectivity index (χ0) is 13.4. The van der Waals surface area contributed by atoms with Gasteiger partial charge in [0.1, 0.15) is 11.5 Å². The minimum Gasteiger partial charge on any atom is -0.382 e. The van der Waals surface area contributed by atoms with E-state index in [1.807, 2.05) is 0 Å². The molecule has 0 fully saturated rings. The van der Waals surface area contributed by atoms with Crippen molar-refractivity contribution in [2.24, 2.45) is 0 Å². The molecule has 0 bridgehead atoms. The van der Waals surface area contributed by atoms with Crippen LogP contribution in [0.2, 0.25) is 0 Å². The smallest absolute Gasteiger partial charge is 0.271 e. The normalized spacial score (nSPS) is 10.6. The fraction of sp³-hybridized carbons (Fsp3) is 0.583. The molecule has 6 heteroatoms. The number of hydrogen-bond donors (Lipinski definition) is 2. The van der Waals surface area contributed by atoms with E-state index in [-0.39, 0.29) is 5.91 Å². The Hall–Kier alpha value is -1.69. The highest BCUT2D eigenvalue weighted by Gasteiger charge is 2.06. The zero-order valence-corrected chi connectivity index (χ0v) is 11.0. The molecule has 1 rings (SSSR count). The molecule has 0 aliphatic carbocycles. The van der Waals surface area contributed by atoms with Crippen LogP contribution in [0.15, 0.2) is 12.4 Å². The molecule has 1 amide bonds. The number of nitrogens with zero attached hydrogens (tertiary/aromatic N) is 3. The topological polar surface area (TPSA) is 84.1 Å². The maximum absolute atomic E-state index is 11.7. The van der Waals surface area contributed by atoms with Gasteiger partial charge in [-0.15, -0.1) is 0 Å². The van der Waals surface area contributed by atoms with Crippen molar-refractivity contribution in [2.45, 2.75) is 20.3 Å². The first-order valence-corrected chi connectivity index (χ1v) is 6.25. The lowest BCUT2D eigenvalue weighted by atomic mass is 10.3. The first-order chi connectivity index (χ1) is 8.67. The quantitative estimate of drug-likeness (QED) is 0.690. The number of carbonyl (C=O) groups is 1. The van der Waals surface area contributed by atoms with Crippen LogP contribution in [0.3, 0.4) is 0 Å². The van der Waals surface area contributed by atoms with Crippen molar-refractivity contribution in [3.05, 3.63) is 18.1 Å². The summed E-state index contributed by atoms with van der Waals surface area (Å²) in [6.45, 7) is 7.96. The van der Waals surface area contributed by atoms with Gasteiger partial charge in [0.05, 0.1) is 12.4 Å². The fourth-order valence-corrected chi connectivity index (χ4v) is 1.59. The summed E-state index contributed by atoms with van der Waals surface area (Å²) in [6, 6.07) is 0. The Labute approximate surface area is 108 Å². The molecule has 18 heavy (non-hydrogen) atoms. The molecule has 100 valence electrons. The highest BCUT2D eigenvalue weighted by atomic mass is 16.1. The Morgan fingerprint density at radius 1 is 1.33 bits per heavy atom. The van der Waals surface area contributed by atoms with E-state index in [0.29, 0.717) is 18.1 Å². The van der Waals surface area contributed by atoms with Gasteiger partial charge in [0.15, 0.2) is 0 Å². The number of nitrogens with two attached hydrogens (primary N) is 1. The molecule has 0 atom stereocenters. The van der Waals surface area contributed by atoms with E-state index in [1.54, 1.807) is 0 Å². The van der Waals surface area contributed by atoms with Gasteiger partial charge >= 0.3 is 0 Å². The summed E-state index contributed by atoms with van der Waals surface area (Å²) in [6.07, 6.45) is 3.69. The fourth-order valence-electron chi connectivity index (χ4n) is 1.59. The molecule has 1 aromatic heterocycles. The summed E-state index contributed by atoms with van der Waals surface area (Å²) in [5, 5.41) is 2.81. The number of rotatable bonds is 7. The highest BCUT2D eigenvalue weighted by Crippen LogP contribution is 1.96. The summed E-state index contributed by atoms with van der Waals surface area (Å²) >= 11 is 0. The third-order valence-electron chi connectivity index (χ3n) is 2.74. The summed E-state index contributed by atoms with van der Waals surface area (Å²) in [5.74, 6) is 0.107. The molecule has 0 aromatic carbocycles. The van der Waals surface area contributed by atoms with Crippen molar-refractivity contribution >= 4 is 11.7 Å². The maximum atomic E-state index is 11.7. The number of nitrogens with one attached hydrogen (secondary N) is 1. The molecule has 0 saturated carbocycles. The Morgan fingerprint density at radius 2 is 2.06 bits per heavy atom. The van der Waals surface area contributed by atoms with E-state index in [1.165, 1.54) is 12.4 Å². The van der Waals surface area contributed by atoms with Crippen LogP contribution in [0.25, 0.3) is 0 Å². The van der Waals surface area contributed by atoms with Gasteiger partial charge in [-0.1, -0.05) is 13.8 Å². The van der Waals surface area contributed by atoms with E-state index in [4.69, 9.17) is 5.73 Å².